The minimum Gasteiger partial charge on any atom is -0.380 e. The van der Waals surface area contributed by atoms with Crippen LogP contribution < -0.4 is 10.6 Å². The molecular formula is C16H27FN2O2. The number of halogens is 1. The van der Waals surface area contributed by atoms with Gasteiger partial charge in [0.05, 0.1) is 13.2 Å². The van der Waals surface area contributed by atoms with Gasteiger partial charge in [0.15, 0.2) is 0 Å². The number of hydrogen-bond acceptors (Lipinski definition) is 4. The first-order chi connectivity index (χ1) is 10.1. The van der Waals surface area contributed by atoms with Crippen molar-refractivity contribution in [3.8, 4) is 0 Å². The second-order valence-electron chi connectivity index (χ2n) is 4.87. The number of nitrogens with two attached hydrogens (primary N) is 1. The first kappa shape index (κ1) is 17.9. The molecule has 0 aliphatic carbocycles. The molecule has 0 aromatic heterocycles. The second kappa shape index (κ2) is 9.71. The zero-order valence-electron chi connectivity index (χ0n) is 13.3. The molecule has 0 saturated carbocycles. The molecule has 120 valence electrons. The van der Waals surface area contributed by atoms with Gasteiger partial charge in [-0.1, -0.05) is 0 Å². The lowest BCUT2D eigenvalue weighted by molar-refractivity contribution is 0.141. The second-order valence-corrected chi connectivity index (χ2v) is 4.87. The van der Waals surface area contributed by atoms with E-state index >= 15 is 0 Å². The predicted octanol–water partition coefficient (Wildman–Crippen LogP) is 2.72. The molecule has 1 rings (SSSR count). The zero-order valence-corrected chi connectivity index (χ0v) is 13.3. The molecule has 5 heteroatoms. The van der Waals surface area contributed by atoms with Crippen molar-refractivity contribution < 1.29 is 13.9 Å². The summed E-state index contributed by atoms with van der Waals surface area (Å²) in [5.41, 5.74) is 7.73. The molecule has 0 aliphatic rings. The number of anilines is 1. The van der Waals surface area contributed by atoms with E-state index in [0.29, 0.717) is 26.4 Å². The number of benzene rings is 1. The lowest BCUT2D eigenvalue weighted by Gasteiger charge is -2.28. The molecule has 0 amide bonds. The molecule has 0 spiro atoms. The number of hydrogen-bond donors (Lipinski definition) is 1. The predicted molar refractivity (Wildman–Crippen MR) is 84.2 cm³/mol. The van der Waals surface area contributed by atoms with E-state index in [1.807, 2.05) is 20.8 Å². The molecule has 0 heterocycles. The van der Waals surface area contributed by atoms with Gasteiger partial charge in [-0.15, -0.1) is 0 Å². The average Bonchev–Trinajstić information content (AvgIpc) is 2.46. The van der Waals surface area contributed by atoms with E-state index in [9.17, 15) is 4.39 Å². The topological polar surface area (TPSA) is 47.7 Å². The quantitative estimate of drug-likeness (QED) is 0.675. The van der Waals surface area contributed by atoms with Crippen molar-refractivity contribution in [3.05, 3.63) is 29.6 Å². The van der Waals surface area contributed by atoms with Gasteiger partial charge < -0.3 is 20.1 Å². The van der Waals surface area contributed by atoms with Gasteiger partial charge in [0, 0.05) is 38.0 Å². The lowest BCUT2D eigenvalue weighted by Crippen LogP contribution is -2.32. The van der Waals surface area contributed by atoms with Crippen LogP contribution in [0.2, 0.25) is 0 Å². The Balaban J connectivity index is 2.89. The molecule has 4 nitrogen and oxygen atoms in total. The van der Waals surface area contributed by atoms with Gasteiger partial charge in [-0.05, 0) is 44.5 Å². The zero-order chi connectivity index (χ0) is 15.7. The summed E-state index contributed by atoms with van der Waals surface area (Å²) in [6.07, 6.45) is 0. The van der Waals surface area contributed by atoms with Crippen LogP contribution in [0.3, 0.4) is 0 Å². The monoisotopic (exact) mass is 298 g/mol. The van der Waals surface area contributed by atoms with Crippen LogP contribution in [0.25, 0.3) is 0 Å². The van der Waals surface area contributed by atoms with Crippen LogP contribution in [0.5, 0.6) is 0 Å². The first-order valence-corrected chi connectivity index (χ1v) is 7.55. The molecule has 0 aliphatic heterocycles. The Labute approximate surface area is 127 Å². The summed E-state index contributed by atoms with van der Waals surface area (Å²) < 4.78 is 24.3. The van der Waals surface area contributed by atoms with Gasteiger partial charge in [-0.2, -0.15) is 0 Å². The molecule has 1 unspecified atom stereocenters. The van der Waals surface area contributed by atoms with E-state index in [1.54, 1.807) is 6.07 Å². The summed E-state index contributed by atoms with van der Waals surface area (Å²) >= 11 is 0. The Hall–Kier alpha value is -1.17. The van der Waals surface area contributed by atoms with Crippen LogP contribution in [-0.2, 0) is 9.47 Å². The molecule has 0 bridgehead atoms. The fourth-order valence-electron chi connectivity index (χ4n) is 2.17. The van der Waals surface area contributed by atoms with Crippen molar-refractivity contribution in [2.45, 2.75) is 26.8 Å². The highest BCUT2D eigenvalue weighted by Gasteiger charge is 2.14. The molecular weight excluding hydrogens is 271 g/mol. The van der Waals surface area contributed by atoms with E-state index in [-0.39, 0.29) is 11.9 Å². The van der Waals surface area contributed by atoms with Gasteiger partial charge in [-0.3, -0.25) is 0 Å². The molecule has 0 saturated heterocycles. The fraction of sp³-hybridized carbons (Fsp3) is 0.625. The minimum absolute atomic E-state index is 0.225. The van der Waals surface area contributed by atoms with E-state index in [1.165, 1.54) is 12.1 Å². The maximum Gasteiger partial charge on any atom is 0.123 e. The van der Waals surface area contributed by atoms with Crippen molar-refractivity contribution in [1.29, 1.82) is 0 Å². The van der Waals surface area contributed by atoms with E-state index in [2.05, 4.69) is 4.90 Å². The summed E-state index contributed by atoms with van der Waals surface area (Å²) in [4.78, 5) is 2.14. The normalized spacial score (nSPS) is 12.4. The molecule has 0 radical (unpaired) electrons. The summed E-state index contributed by atoms with van der Waals surface area (Å²) in [5, 5.41) is 0. The largest absolute Gasteiger partial charge is 0.380 e. The third-order valence-corrected chi connectivity index (χ3v) is 3.24. The first-order valence-electron chi connectivity index (χ1n) is 7.55. The smallest absolute Gasteiger partial charge is 0.123 e. The number of ether oxygens (including phenoxy) is 2. The lowest BCUT2D eigenvalue weighted by atomic mass is 10.1. The standard InChI is InChI=1S/C16H27FN2O2/c1-4-20-10-8-19(9-11-21-5-2)16-7-6-14(17)12-15(16)13(3)18/h6-7,12-13H,4-5,8-11,18H2,1-3H3. The summed E-state index contributed by atoms with van der Waals surface area (Å²) in [7, 11) is 0. The van der Waals surface area contributed by atoms with Crippen molar-refractivity contribution >= 4 is 5.69 Å². The average molecular weight is 298 g/mol. The van der Waals surface area contributed by atoms with Crippen LogP contribution >= 0.6 is 0 Å². The highest BCUT2D eigenvalue weighted by Crippen LogP contribution is 2.26. The van der Waals surface area contributed by atoms with E-state index < -0.39 is 0 Å². The fourth-order valence-corrected chi connectivity index (χ4v) is 2.17. The van der Waals surface area contributed by atoms with Gasteiger partial charge in [0.2, 0.25) is 0 Å². The van der Waals surface area contributed by atoms with Gasteiger partial charge >= 0.3 is 0 Å². The summed E-state index contributed by atoms with van der Waals surface area (Å²) in [6.45, 7) is 9.87. The maximum absolute atomic E-state index is 13.5. The molecule has 1 aromatic carbocycles. The van der Waals surface area contributed by atoms with Gasteiger partial charge in [-0.25, -0.2) is 4.39 Å². The molecule has 0 fully saturated rings. The van der Waals surface area contributed by atoms with Gasteiger partial charge in [0.25, 0.3) is 0 Å². The Bertz CT molecular complexity index is 403. The molecule has 21 heavy (non-hydrogen) atoms. The van der Waals surface area contributed by atoms with E-state index in [0.717, 1.165) is 24.3 Å². The highest BCUT2D eigenvalue weighted by atomic mass is 19.1. The highest BCUT2D eigenvalue weighted by molar-refractivity contribution is 5.55. The molecule has 2 N–H and O–H groups in total. The molecule has 1 aromatic rings. The van der Waals surface area contributed by atoms with Gasteiger partial charge in [0.1, 0.15) is 5.82 Å². The summed E-state index contributed by atoms with van der Waals surface area (Å²) in [5.74, 6) is -0.263. The van der Waals surface area contributed by atoms with Crippen LogP contribution in [-0.4, -0.2) is 39.5 Å². The Morgan fingerprint density at radius 1 is 1.14 bits per heavy atom. The SMILES string of the molecule is CCOCCN(CCOCC)c1ccc(F)cc1C(C)N. The number of nitrogens with zero attached hydrogens (tertiary/aromatic N) is 1. The minimum atomic E-state index is -0.263. The van der Waals surface area contributed by atoms with Crippen molar-refractivity contribution in [2.24, 2.45) is 5.73 Å². The Morgan fingerprint density at radius 3 is 2.19 bits per heavy atom. The van der Waals surface area contributed by atoms with Crippen molar-refractivity contribution in [1.82, 2.24) is 0 Å². The van der Waals surface area contributed by atoms with Crippen LogP contribution in [0.4, 0.5) is 10.1 Å². The summed E-state index contributed by atoms with van der Waals surface area (Å²) in [6, 6.07) is 4.54. The van der Waals surface area contributed by atoms with Crippen LogP contribution in [0, 0.1) is 5.82 Å². The third-order valence-electron chi connectivity index (χ3n) is 3.24. The van der Waals surface area contributed by atoms with Crippen LogP contribution in [0.15, 0.2) is 18.2 Å². The molecule has 1 atom stereocenters. The van der Waals surface area contributed by atoms with E-state index in [4.69, 9.17) is 15.2 Å². The van der Waals surface area contributed by atoms with Crippen molar-refractivity contribution in [3.63, 3.8) is 0 Å². The van der Waals surface area contributed by atoms with Crippen molar-refractivity contribution in [2.75, 3.05) is 44.4 Å². The third kappa shape index (κ3) is 5.99. The Kier molecular flexibility index (Phi) is 8.27. The number of rotatable bonds is 10. The van der Waals surface area contributed by atoms with Crippen LogP contribution in [0.1, 0.15) is 32.4 Å². The maximum atomic E-state index is 13.5. The Morgan fingerprint density at radius 2 is 1.71 bits per heavy atom.